The molecule has 0 bridgehead atoms. The molecule has 0 saturated heterocycles. The molecule has 1 aliphatic rings. The highest BCUT2D eigenvalue weighted by Gasteiger charge is 2.23. The van der Waals surface area contributed by atoms with Gasteiger partial charge in [0.05, 0.1) is 11.4 Å². The van der Waals surface area contributed by atoms with Crippen molar-refractivity contribution in [2.45, 2.75) is 53.9 Å². The van der Waals surface area contributed by atoms with E-state index in [1.165, 1.54) is 44.2 Å². The maximum atomic E-state index is 5.09. The zero-order chi connectivity index (χ0) is 19.3. The first-order valence-electron chi connectivity index (χ1n) is 10.1. The molecule has 1 nitrogen and oxygen atoms in total. The lowest BCUT2D eigenvalue weighted by molar-refractivity contribution is 0.647. The third-order valence-corrected chi connectivity index (χ3v) is 5.43. The van der Waals surface area contributed by atoms with Crippen LogP contribution in [0.2, 0.25) is 0 Å². The van der Waals surface area contributed by atoms with E-state index in [4.69, 9.17) is 4.99 Å². The molecule has 138 valence electrons. The van der Waals surface area contributed by atoms with Crippen molar-refractivity contribution in [1.29, 1.82) is 0 Å². The van der Waals surface area contributed by atoms with Crippen LogP contribution in [-0.4, -0.2) is 5.71 Å². The van der Waals surface area contributed by atoms with Crippen molar-refractivity contribution in [2.24, 2.45) is 10.9 Å². The third-order valence-electron chi connectivity index (χ3n) is 5.43. The van der Waals surface area contributed by atoms with E-state index in [0.29, 0.717) is 11.8 Å². The number of aliphatic imine (C=N–C) groups is 1. The summed E-state index contributed by atoms with van der Waals surface area (Å²) in [6.45, 7) is 13.5. The van der Waals surface area contributed by atoms with Gasteiger partial charge in [0.1, 0.15) is 0 Å². The minimum atomic E-state index is 0.506. The number of aryl methyl sites for hydroxylation is 2. The summed E-state index contributed by atoms with van der Waals surface area (Å²) in [7, 11) is 0. The Kier molecular flexibility index (Phi) is 4.42. The van der Waals surface area contributed by atoms with Crippen LogP contribution >= 0.6 is 0 Å². The molecule has 1 aliphatic heterocycles. The highest BCUT2D eigenvalue weighted by molar-refractivity contribution is 6.26. The molecule has 0 amide bonds. The Morgan fingerprint density at radius 2 is 1.56 bits per heavy atom. The van der Waals surface area contributed by atoms with Gasteiger partial charge in [0, 0.05) is 16.5 Å². The summed E-state index contributed by atoms with van der Waals surface area (Å²) >= 11 is 0. The molecule has 0 spiro atoms. The number of benzene rings is 3. The van der Waals surface area contributed by atoms with Crippen LogP contribution < -0.4 is 0 Å². The Bertz CT molecular complexity index is 1050. The van der Waals surface area contributed by atoms with Crippen molar-refractivity contribution in [1.82, 2.24) is 0 Å². The quantitative estimate of drug-likeness (QED) is 0.365. The van der Waals surface area contributed by atoms with Gasteiger partial charge in [-0.15, -0.1) is 0 Å². The number of rotatable bonds is 4. The first-order valence-corrected chi connectivity index (χ1v) is 10.1. The van der Waals surface area contributed by atoms with Crippen LogP contribution in [0.3, 0.4) is 0 Å². The SMILES string of the molecule is Cc1cc(C)cc(C2=Nc3ccc(C(C)C)c4cc(CC(C)C)cc2c34)c1. The second kappa shape index (κ2) is 6.64. The van der Waals surface area contributed by atoms with E-state index < -0.39 is 0 Å². The summed E-state index contributed by atoms with van der Waals surface area (Å²) in [6, 6.07) is 16.0. The lowest BCUT2D eigenvalue weighted by atomic mass is 9.88. The van der Waals surface area contributed by atoms with E-state index in [2.05, 4.69) is 84.0 Å². The van der Waals surface area contributed by atoms with Crippen LogP contribution in [0, 0.1) is 19.8 Å². The number of hydrogen-bond donors (Lipinski definition) is 0. The zero-order valence-corrected chi connectivity index (χ0v) is 17.4. The molecule has 3 aromatic carbocycles. The number of nitrogens with zero attached hydrogens (tertiary/aromatic N) is 1. The fraction of sp³-hybridized carbons (Fsp3) is 0.346. The summed E-state index contributed by atoms with van der Waals surface area (Å²) in [5.41, 5.74) is 10.2. The summed E-state index contributed by atoms with van der Waals surface area (Å²) in [6.07, 6.45) is 1.10. The molecule has 0 aliphatic carbocycles. The lowest BCUT2D eigenvalue weighted by Gasteiger charge is -2.15. The molecule has 27 heavy (non-hydrogen) atoms. The van der Waals surface area contributed by atoms with Gasteiger partial charge in [-0.1, -0.05) is 57.0 Å². The summed E-state index contributed by atoms with van der Waals surface area (Å²) in [5.74, 6) is 1.15. The molecule has 0 N–H and O–H groups in total. The zero-order valence-electron chi connectivity index (χ0n) is 17.4. The first kappa shape index (κ1) is 18.0. The predicted molar refractivity (Wildman–Crippen MR) is 118 cm³/mol. The van der Waals surface area contributed by atoms with E-state index in [0.717, 1.165) is 17.8 Å². The highest BCUT2D eigenvalue weighted by Crippen LogP contribution is 2.41. The topological polar surface area (TPSA) is 12.4 Å². The fourth-order valence-corrected chi connectivity index (χ4v) is 4.43. The van der Waals surface area contributed by atoms with Crippen molar-refractivity contribution < 1.29 is 0 Å². The largest absolute Gasteiger partial charge is 0.247 e. The van der Waals surface area contributed by atoms with Gasteiger partial charge in [0.25, 0.3) is 0 Å². The normalized spacial score (nSPS) is 13.1. The van der Waals surface area contributed by atoms with E-state index in [1.54, 1.807) is 0 Å². The fourth-order valence-electron chi connectivity index (χ4n) is 4.43. The lowest BCUT2D eigenvalue weighted by Crippen LogP contribution is -2.04. The van der Waals surface area contributed by atoms with Crippen LogP contribution in [0.5, 0.6) is 0 Å². The molecule has 1 heteroatoms. The standard InChI is InChI=1S/C26H29N/c1-15(2)9-19-13-22-21(16(3)4)7-8-24-25(22)23(14-19)26(27-24)20-11-17(5)10-18(6)12-20/h7-8,10-16H,9H2,1-6H3. The average molecular weight is 356 g/mol. The van der Waals surface area contributed by atoms with E-state index >= 15 is 0 Å². The van der Waals surface area contributed by atoms with E-state index in [1.807, 2.05) is 0 Å². The van der Waals surface area contributed by atoms with E-state index in [-0.39, 0.29) is 0 Å². The molecule has 0 atom stereocenters. The summed E-state index contributed by atoms with van der Waals surface area (Å²) < 4.78 is 0. The Labute approximate surface area is 163 Å². The second-order valence-electron chi connectivity index (χ2n) is 8.83. The van der Waals surface area contributed by atoms with Crippen LogP contribution in [0.4, 0.5) is 5.69 Å². The van der Waals surface area contributed by atoms with Gasteiger partial charge < -0.3 is 0 Å². The smallest absolute Gasteiger partial charge is 0.0789 e. The molecule has 1 heterocycles. The summed E-state index contributed by atoms with van der Waals surface area (Å²) in [5, 5.41) is 2.72. The molecule has 4 rings (SSSR count). The second-order valence-corrected chi connectivity index (χ2v) is 8.83. The molecule has 0 fully saturated rings. The Balaban J connectivity index is 1.99. The van der Waals surface area contributed by atoms with Crippen molar-refractivity contribution in [3.8, 4) is 0 Å². The van der Waals surface area contributed by atoms with Gasteiger partial charge in [0.2, 0.25) is 0 Å². The Hall–Kier alpha value is -2.41. The molecular weight excluding hydrogens is 326 g/mol. The van der Waals surface area contributed by atoms with Crippen molar-refractivity contribution in [3.05, 3.63) is 75.8 Å². The molecular formula is C26H29N. The van der Waals surface area contributed by atoms with Gasteiger partial charge in [-0.2, -0.15) is 0 Å². The predicted octanol–water partition coefficient (Wildman–Crippen LogP) is 7.26. The van der Waals surface area contributed by atoms with Gasteiger partial charge >= 0.3 is 0 Å². The third kappa shape index (κ3) is 3.20. The average Bonchev–Trinajstić information content (AvgIpc) is 2.93. The van der Waals surface area contributed by atoms with Crippen LogP contribution in [0.25, 0.3) is 10.8 Å². The molecule has 0 saturated carbocycles. The van der Waals surface area contributed by atoms with Gasteiger partial charge in [-0.25, -0.2) is 4.99 Å². The van der Waals surface area contributed by atoms with Gasteiger partial charge in [0.15, 0.2) is 0 Å². The molecule has 3 aromatic rings. The van der Waals surface area contributed by atoms with Gasteiger partial charge in [-0.05, 0) is 72.9 Å². The highest BCUT2D eigenvalue weighted by atomic mass is 14.8. The maximum absolute atomic E-state index is 5.09. The molecule has 0 aromatic heterocycles. The molecule has 0 unspecified atom stereocenters. The Morgan fingerprint density at radius 3 is 2.19 bits per heavy atom. The van der Waals surface area contributed by atoms with Crippen LogP contribution in [0.1, 0.15) is 67.0 Å². The monoisotopic (exact) mass is 355 g/mol. The maximum Gasteiger partial charge on any atom is 0.0789 e. The Morgan fingerprint density at radius 1 is 0.852 bits per heavy atom. The van der Waals surface area contributed by atoms with Crippen LogP contribution in [0.15, 0.2) is 47.5 Å². The van der Waals surface area contributed by atoms with Crippen LogP contribution in [-0.2, 0) is 6.42 Å². The first-order chi connectivity index (χ1) is 12.8. The number of hydrogen-bond acceptors (Lipinski definition) is 1. The van der Waals surface area contributed by atoms with E-state index in [9.17, 15) is 0 Å². The van der Waals surface area contributed by atoms with Crippen molar-refractivity contribution in [3.63, 3.8) is 0 Å². The minimum absolute atomic E-state index is 0.506. The molecule has 0 radical (unpaired) electrons. The van der Waals surface area contributed by atoms with Crippen molar-refractivity contribution in [2.75, 3.05) is 0 Å². The minimum Gasteiger partial charge on any atom is -0.247 e. The van der Waals surface area contributed by atoms with Gasteiger partial charge in [-0.3, -0.25) is 0 Å². The van der Waals surface area contributed by atoms with Crippen molar-refractivity contribution >= 4 is 22.2 Å². The summed E-state index contributed by atoms with van der Waals surface area (Å²) in [4.78, 5) is 5.09.